The number of rotatable bonds is 6. The van der Waals surface area contributed by atoms with Crippen LogP contribution in [0, 0.1) is 0 Å². The summed E-state index contributed by atoms with van der Waals surface area (Å²) in [5, 5.41) is 3.39. The van der Waals surface area contributed by atoms with Crippen LogP contribution >= 0.6 is 40.7 Å². The van der Waals surface area contributed by atoms with E-state index in [1.807, 2.05) is 6.08 Å². The van der Waals surface area contributed by atoms with E-state index in [-0.39, 0.29) is 24.8 Å². The number of nitrogens with one attached hydrogen (secondary N) is 1. The van der Waals surface area contributed by atoms with Gasteiger partial charge in [0.25, 0.3) is 0 Å². The highest BCUT2D eigenvalue weighted by atomic mass is 79.9. The van der Waals surface area contributed by atoms with Crippen molar-refractivity contribution in [2.75, 3.05) is 40.4 Å². The fourth-order valence-electron chi connectivity index (χ4n) is 2.73. The predicted molar refractivity (Wildman–Crippen MR) is 104 cm³/mol. The molecule has 0 aromatic heterocycles. The van der Waals surface area contributed by atoms with Crippen LogP contribution in [0.15, 0.2) is 29.3 Å². The summed E-state index contributed by atoms with van der Waals surface area (Å²) in [4.78, 5) is 2.49. The van der Waals surface area contributed by atoms with Gasteiger partial charge in [-0.15, -0.1) is 31.4 Å². The first-order valence-corrected chi connectivity index (χ1v) is 7.97. The van der Waals surface area contributed by atoms with Gasteiger partial charge in [-0.1, -0.05) is 6.08 Å². The molecule has 1 aromatic carbocycles. The number of nitrogens with zero attached hydrogens (tertiary/aromatic N) is 1. The van der Waals surface area contributed by atoms with Gasteiger partial charge in [0.15, 0.2) is 0 Å². The van der Waals surface area contributed by atoms with Crippen LogP contribution in [0.25, 0.3) is 0 Å². The SMILES string of the molecule is C=CC[C@H](c1cc(OC)c(Br)c(OC)c1)N1CCNCC1.Cl.Cl. The Hall–Kier alpha value is -0.460. The number of halogens is 3. The highest BCUT2D eigenvalue weighted by Crippen LogP contribution is 2.39. The van der Waals surface area contributed by atoms with Gasteiger partial charge < -0.3 is 14.8 Å². The number of hydrogen-bond donors (Lipinski definition) is 1. The minimum atomic E-state index is 0. The highest BCUT2D eigenvalue weighted by molar-refractivity contribution is 9.10. The lowest BCUT2D eigenvalue weighted by Gasteiger charge is -2.35. The summed E-state index contributed by atoms with van der Waals surface area (Å²) in [5.41, 5.74) is 1.20. The molecule has 1 aliphatic rings. The fraction of sp³-hybridized carbons (Fsp3) is 0.500. The third-order valence-corrected chi connectivity index (χ3v) is 4.62. The van der Waals surface area contributed by atoms with Crippen LogP contribution in [0.1, 0.15) is 18.0 Å². The molecule has 7 heteroatoms. The van der Waals surface area contributed by atoms with E-state index in [0.29, 0.717) is 6.04 Å². The zero-order chi connectivity index (χ0) is 15.2. The molecule has 0 amide bonds. The average molecular weight is 428 g/mol. The molecule has 0 aliphatic carbocycles. The van der Waals surface area contributed by atoms with E-state index in [1.54, 1.807) is 14.2 Å². The second-order valence-corrected chi connectivity index (χ2v) is 5.86. The monoisotopic (exact) mass is 426 g/mol. The molecule has 0 unspecified atom stereocenters. The van der Waals surface area contributed by atoms with Gasteiger partial charge in [-0.2, -0.15) is 0 Å². The Labute approximate surface area is 159 Å². The van der Waals surface area contributed by atoms with E-state index in [0.717, 1.165) is 48.6 Å². The number of methoxy groups -OCH3 is 2. The fourth-order valence-corrected chi connectivity index (χ4v) is 3.28. The second-order valence-electron chi connectivity index (χ2n) is 5.07. The quantitative estimate of drug-likeness (QED) is 0.699. The zero-order valence-electron chi connectivity index (χ0n) is 13.5. The van der Waals surface area contributed by atoms with Crippen molar-refractivity contribution >= 4 is 40.7 Å². The largest absolute Gasteiger partial charge is 0.495 e. The van der Waals surface area contributed by atoms with E-state index < -0.39 is 0 Å². The molecule has 4 nitrogen and oxygen atoms in total. The molecular formula is C16H25BrCl2N2O2. The molecule has 0 saturated carbocycles. The first kappa shape index (κ1) is 22.5. The Morgan fingerprint density at radius 1 is 1.22 bits per heavy atom. The van der Waals surface area contributed by atoms with Crippen LogP contribution in [0.3, 0.4) is 0 Å². The lowest BCUT2D eigenvalue weighted by Crippen LogP contribution is -2.45. The molecule has 2 rings (SSSR count). The van der Waals surface area contributed by atoms with E-state index in [4.69, 9.17) is 9.47 Å². The van der Waals surface area contributed by atoms with Crippen molar-refractivity contribution in [2.24, 2.45) is 0 Å². The smallest absolute Gasteiger partial charge is 0.137 e. The summed E-state index contributed by atoms with van der Waals surface area (Å²) in [5.74, 6) is 1.60. The first-order valence-electron chi connectivity index (χ1n) is 7.18. The molecule has 0 bridgehead atoms. The molecule has 1 fully saturated rings. The Morgan fingerprint density at radius 3 is 2.17 bits per heavy atom. The molecule has 1 aromatic rings. The van der Waals surface area contributed by atoms with Gasteiger partial charge in [0.1, 0.15) is 16.0 Å². The summed E-state index contributed by atoms with van der Waals surface area (Å²) >= 11 is 3.53. The molecular weight excluding hydrogens is 403 g/mol. The van der Waals surface area contributed by atoms with Gasteiger partial charge in [0, 0.05) is 32.2 Å². The minimum absolute atomic E-state index is 0. The van der Waals surface area contributed by atoms with Gasteiger partial charge in [-0.25, -0.2) is 0 Å². The number of hydrogen-bond acceptors (Lipinski definition) is 4. The maximum atomic E-state index is 5.46. The first-order chi connectivity index (χ1) is 10.2. The molecule has 1 aliphatic heterocycles. The van der Waals surface area contributed by atoms with Crippen LogP contribution in [0.2, 0.25) is 0 Å². The van der Waals surface area contributed by atoms with Gasteiger partial charge in [-0.05, 0) is 40.0 Å². The van der Waals surface area contributed by atoms with Crippen molar-refractivity contribution in [1.82, 2.24) is 10.2 Å². The third-order valence-electron chi connectivity index (χ3n) is 3.84. The normalized spacial score (nSPS) is 15.8. The average Bonchev–Trinajstić information content (AvgIpc) is 2.54. The van der Waals surface area contributed by atoms with E-state index >= 15 is 0 Å². The van der Waals surface area contributed by atoms with E-state index in [2.05, 4.69) is 44.9 Å². The Bertz CT molecular complexity index is 472. The minimum Gasteiger partial charge on any atom is -0.495 e. The van der Waals surface area contributed by atoms with Gasteiger partial charge in [0.05, 0.1) is 14.2 Å². The molecule has 0 spiro atoms. The van der Waals surface area contributed by atoms with Crippen molar-refractivity contribution < 1.29 is 9.47 Å². The summed E-state index contributed by atoms with van der Waals surface area (Å²) < 4.78 is 11.8. The Balaban J connectivity index is 0.00000242. The van der Waals surface area contributed by atoms with Gasteiger partial charge in [-0.3, -0.25) is 4.90 Å². The van der Waals surface area contributed by atoms with Crippen LogP contribution < -0.4 is 14.8 Å². The maximum absolute atomic E-state index is 5.46. The third kappa shape index (κ3) is 5.54. The summed E-state index contributed by atoms with van der Waals surface area (Å²) in [7, 11) is 3.35. The molecule has 0 radical (unpaired) electrons. The molecule has 1 N–H and O–H groups in total. The lowest BCUT2D eigenvalue weighted by molar-refractivity contribution is 0.174. The molecule has 132 valence electrons. The van der Waals surface area contributed by atoms with Crippen molar-refractivity contribution in [3.05, 3.63) is 34.8 Å². The standard InChI is InChI=1S/C16H23BrN2O2.2ClH/c1-4-5-13(19-8-6-18-7-9-19)12-10-14(20-2)16(17)15(11-12)21-3;;/h4,10-11,13,18H,1,5-9H2,2-3H3;2*1H/t13-;;/m1../s1. The molecule has 23 heavy (non-hydrogen) atoms. The number of benzene rings is 1. The van der Waals surface area contributed by atoms with Crippen LogP contribution in [0.5, 0.6) is 11.5 Å². The zero-order valence-corrected chi connectivity index (χ0v) is 16.7. The van der Waals surface area contributed by atoms with Crippen LogP contribution in [-0.2, 0) is 0 Å². The Kier molecular flexibility index (Phi) is 10.9. The van der Waals surface area contributed by atoms with Gasteiger partial charge >= 0.3 is 0 Å². The maximum Gasteiger partial charge on any atom is 0.137 e. The highest BCUT2D eigenvalue weighted by Gasteiger charge is 2.23. The van der Waals surface area contributed by atoms with E-state index in [1.165, 1.54) is 5.56 Å². The molecule has 1 saturated heterocycles. The van der Waals surface area contributed by atoms with Crippen molar-refractivity contribution in [3.8, 4) is 11.5 Å². The van der Waals surface area contributed by atoms with Crippen molar-refractivity contribution in [3.63, 3.8) is 0 Å². The van der Waals surface area contributed by atoms with Crippen LogP contribution in [-0.4, -0.2) is 45.3 Å². The number of ether oxygens (including phenoxy) is 2. The predicted octanol–water partition coefficient (Wildman–Crippen LogP) is 3.83. The summed E-state index contributed by atoms with van der Waals surface area (Å²) in [6.45, 7) is 8.04. The van der Waals surface area contributed by atoms with Crippen molar-refractivity contribution in [1.29, 1.82) is 0 Å². The summed E-state index contributed by atoms with van der Waals surface area (Å²) in [6.07, 6.45) is 2.89. The Morgan fingerprint density at radius 2 is 1.74 bits per heavy atom. The second kappa shape index (κ2) is 11.2. The number of piperazine rings is 1. The topological polar surface area (TPSA) is 33.7 Å². The van der Waals surface area contributed by atoms with E-state index in [9.17, 15) is 0 Å². The lowest BCUT2D eigenvalue weighted by atomic mass is 10.0. The summed E-state index contributed by atoms with van der Waals surface area (Å²) in [6, 6.07) is 4.48. The molecule has 1 heterocycles. The van der Waals surface area contributed by atoms with Crippen molar-refractivity contribution in [2.45, 2.75) is 12.5 Å². The van der Waals surface area contributed by atoms with Crippen LogP contribution in [0.4, 0.5) is 0 Å². The van der Waals surface area contributed by atoms with Gasteiger partial charge in [0.2, 0.25) is 0 Å². The molecule has 1 atom stereocenters.